The summed E-state index contributed by atoms with van der Waals surface area (Å²) in [6.45, 7) is 3.22. The predicted molar refractivity (Wildman–Crippen MR) is 85.3 cm³/mol. The van der Waals surface area contributed by atoms with Gasteiger partial charge in [0.05, 0.1) is 0 Å². The Labute approximate surface area is 132 Å². The lowest BCUT2D eigenvalue weighted by Crippen LogP contribution is -2.14. The van der Waals surface area contributed by atoms with Gasteiger partial charge in [-0.1, -0.05) is 12.8 Å². The van der Waals surface area contributed by atoms with E-state index >= 15 is 0 Å². The molecule has 1 atom stereocenters. The second-order valence-corrected chi connectivity index (χ2v) is 6.82. The average Bonchev–Trinajstić information content (AvgIpc) is 3.27. The zero-order valence-electron chi connectivity index (χ0n) is 13.5. The molecule has 2 fully saturated rings. The van der Waals surface area contributed by atoms with Gasteiger partial charge in [-0.15, -0.1) is 0 Å². The van der Waals surface area contributed by atoms with Crippen LogP contribution in [0.4, 0.5) is 4.39 Å². The minimum absolute atomic E-state index is 0.0417. The second-order valence-electron chi connectivity index (χ2n) is 6.82. The predicted octanol–water partition coefficient (Wildman–Crippen LogP) is 4.96. The first-order chi connectivity index (χ1) is 10.4. The Hall–Kier alpha value is -1.51. The SMILES string of the molecule is CC(=O)[C@H]1CCCCC2(CC2)C1.CC(=O)c1ccc(F)cc1. The second kappa shape index (κ2) is 7.17. The maximum Gasteiger partial charge on any atom is 0.159 e. The van der Waals surface area contributed by atoms with E-state index in [4.69, 9.17) is 0 Å². The van der Waals surface area contributed by atoms with Gasteiger partial charge in [-0.25, -0.2) is 4.39 Å². The van der Waals surface area contributed by atoms with Crippen molar-refractivity contribution in [3.63, 3.8) is 0 Å². The van der Waals surface area contributed by atoms with Gasteiger partial charge >= 0.3 is 0 Å². The van der Waals surface area contributed by atoms with Crippen LogP contribution in [0.2, 0.25) is 0 Å². The van der Waals surface area contributed by atoms with Crippen LogP contribution in [0.5, 0.6) is 0 Å². The summed E-state index contributed by atoms with van der Waals surface area (Å²) in [6.07, 6.45) is 9.22. The molecule has 0 unspecified atom stereocenters. The average molecular weight is 304 g/mol. The summed E-state index contributed by atoms with van der Waals surface area (Å²) in [6, 6.07) is 5.49. The molecule has 0 saturated heterocycles. The standard InChI is InChI=1S/C11H18O.C8H7FO/c1-9(12)10-4-2-3-5-11(8-10)6-7-11;1-6(10)7-2-4-8(9)5-3-7/h10H,2-8H2,1H3;2-5H,1H3/t10-;/m0./s1. The third-order valence-electron chi connectivity index (χ3n) is 4.97. The minimum Gasteiger partial charge on any atom is -0.300 e. The molecule has 0 heterocycles. The Balaban J connectivity index is 0.000000164. The monoisotopic (exact) mass is 304 g/mol. The molecule has 1 spiro atoms. The number of Topliss-reactive ketones (excluding diaryl/α,β-unsaturated/α-hetero) is 2. The topological polar surface area (TPSA) is 34.1 Å². The summed E-state index contributed by atoms with van der Waals surface area (Å²) in [5.74, 6) is 0.489. The van der Waals surface area contributed by atoms with E-state index in [1.165, 1.54) is 69.7 Å². The summed E-state index contributed by atoms with van der Waals surface area (Å²) >= 11 is 0. The maximum absolute atomic E-state index is 12.2. The summed E-state index contributed by atoms with van der Waals surface area (Å²) in [5, 5.41) is 0. The van der Waals surface area contributed by atoms with Crippen molar-refractivity contribution in [3.05, 3.63) is 35.6 Å². The minimum atomic E-state index is -0.315. The third-order valence-corrected chi connectivity index (χ3v) is 4.97. The quantitative estimate of drug-likeness (QED) is 0.723. The maximum atomic E-state index is 12.2. The van der Waals surface area contributed by atoms with Gasteiger partial charge in [0.15, 0.2) is 5.78 Å². The molecule has 0 N–H and O–H groups in total. The summed E-state index contributed by atoms with van der Waals surface area (Å²) in [7, 11) is 0. The fraction of sp³-hybridized carbons (Fsp3) is 0.579. The fourth-order valence-corrected chi connectivity index (χ4v) is 3.28. The highest BCUT2D eigenvalue weighted by Crippen LogP contribution is 2.56. The van der Waals surface area contributed by atoms with E-state index in [-0.39, 0.29) is 11.6 Å². The number of ketones is 2. The van der Waals surface area contributed by atoms with Crippen molar-refractivity contribution in [3.8, 4) is 0 Å². The molecule has 2 nitrogen and oxygen atoms in total. The zero-order chi connectivity index (χ0) is 16.2. The zero-order valence-corrected chi connectivity index (χ0v) is 13.5. The van der Waals surface area contributed by atoms with E-state index in [1.54, 1.807) is 6.92 Å². The van der Waals surface area contributed by atoms with Crippen LogP contribution < -0.4 is 0 Å². The normalized spacial score (nSPS) is 22.2. The smallest absolute Gasteiger partial charge is 0.159 e. The third kappa shape index (κ3) is 4.75. The Kier molecular flexibility index (Phi) is 5.49. The van der Waals surface area contributed by atoms with Crippen LogP contribution in [0.15, 0.2) is 24.3 Å². The van der Waals surface area contributed by atoms with E-state index in [9.17, 15) is 14.0 Å². The van der Waals surface area contributed by atoms with Crippen molar-refractivity contribution >= 4 is 11.6 Å². The van der Waals surface area contributed by atoms with Crippen LogP contribution in [0.1, 0.15) is 69.2 Å². The van der Waals surface area contributed by atoms with Crippen LogP contribution in [0.25, 0.3) is 0 Å². The van der Waals surface area contributed by atoms with Gasteiger partial charge in [0.2, 0.25) is 0 Å². The van der Waals surface area contributed by atoms with Gasteiger partial charge in [-0.3, -0.25) is 9.59 Å². The number of carbonyl (C=O) groups excluding carboxylic acids is 2. The summed E-state index contributed by atoms with van der Waals surface area (Å²) in [5.41, 5.74) is 1.19. The number of hydrogen-bond donors (Lipinski definition) is 0. The Morgan fingerprint density at radius 1 is 1.05 bits per heavy atom. The molecule has 0 bridgehead atoms. The molecule has 0 amide bonds. The molecule has 2 aliphatic carbocycles. The number of benzene rings is 1. The van der Waals surface area contributed by atoms with Crippen molar-refractivity contribution in [1.82, 2.24) is 0 Å². The van der Waals surface area contributed by atoms with Gasteiger partial charge in [-0.05, 0) is 75.6 Å². The Morgan fingerprint density at radius 2 is 1.68 bits per heavy atom. The van der Waals surface area contributed by atoms with Gasteiger partial charge < -0.3 is 0 Å². The van der Waals surface area contributed by atoms with Crippen LogP contribution in [-0.4, -0.2) is 11.6 Å². The molecule has 0 aromatic heterocycles. The number of halogens is 1. The van der Waals surface area contributed by atoms with Gasteiger partial charge in [0.1, 0.15) is 11.6 Å². The molecule has 0 aliphatic heterocycles. The highest BCUT2D eigenvalue weighted by molar-refractivity contribution is 5.93. The molecule has 2 aliphatic rings. The molecule has 1 aromatic carbocycles. The van der Waals surface area contributed by atoms with Crippen LogP contribution in [0, 0.1) is 17.2 Å². The molecule has 22 heavy (non-hydrogen) atoms. The number of rotatable bonds is 2. The summed E-state index contributed by atoms with van der Waals surface area (Å²) < 4.78 is 12.2. The van der Waals surface area contributed by atoms with Crippen molar-refractivity contribution in [2.24, 2.45) is 11.3 Å². The lowest BCUT2D eigenvalue weighted by atomic mass is 9.88. The highest BCUT2D eigenvalue weighted by atomic mass is 19.1. The largest absolute Gasteiger partial charge is 0.300 e. The van der Waals surface area contributed by atoms with Gasteiger partial charge in [0, 0.05) is 11.5 Å². The molecular formula is C19H25FO2. The fourth-order valence-electron chi connectivity index (χ4n) is 3.28. The molecule has 0 radical (unpaired) electrons. The Bertz CT molecular complexity index is 529. The first kappa shape index (κ1) is 16.9. The van der Waals surface area contributed by atoms with Crippen LogP contribution in [-0.2, 0) is 4.79 Å². The number of hydrogen-bond acceptors (Lipinski definition) is 2. The van der Waals surface area contributed by atoms with Crippen molar-refractivity contribution in [2.75, 3.05) is 0 Å². The first-order valence-corrected chi connectivity index (χ1v) is 8.19. The lowest BCUT2D eigenvalue weighted by Gasteiger charge is -2.15. The van der Waals surface area contributed by atoms with E-state index in [0.717, 1.165) is 6.42 Å². The van der Waals surface area contributed by atoms with Crippen LogP contribution >= 0.6 is 0 Å². The van der Waals surface area contributed by atoms with E-state index in [2.05, 4.69) is 0 Å². The van der Waals surface area contributed by atoms with E-state index < -0.39 is 0 Å². The van der Waals surface area contributed by atoms with E-state index in [0.29, 0.717) is 22.7 Å². The van der Waals surface area contributed by atoms with Crippen molar-refractivity contribution < 1.29 is 14.0 Å². The molecule has 1 aromatic rings. The number of carbonyl (C=O) groups is 2. The molecular weight excluding hydrogens is 279 g/mol. The van der Waals surface area contributed by atoms with E-state index in [1.807, 2.05) is 0 Å². The van der Waals surface area contributed by atoms with Crippen LogP contribution in [0.3, 0.4) is 0 Å². The molecule has 3 rings (SSSR count). The van der Waals surface area contributed by atoms with Gasteiger partial charge in [0.25, 0.3) is 0 Å². The van der Waals surface area contributed by atoms with Crippen molar-refractivity contribution in [2.45, 2.75) is 58.8 Å². The molecule has 120 valence electrons. The Morgan fingerprint density at radius 3 is 2.18 bits per heavy atom. The lowest BCUT2D eigenvalue weighted by molar-refractivity contribution is -0.121. The first-order valence-electron chi connectivity index (χ1n) is 8.19. The molecule has 3 heteroatoms. The van der Waals surface area contributed by atoms with Gasteiger partial charge in [-0.2, -0.15) is 0 Å². The summed E-state index contributed by atoms with van der Waals surface area (Å²) in [4.78, 5) is 21.9. The highest BCUT2D eigenvalue weighted by Gasteiger charge is 2.45. The van der Waals surface area contributed by atoms with Crippen molar-refractivity contribution in [1.29, 1.82) is 0 Å². The molecule has 2 saturated carbocycles.